The Bertz CT molecular complexity index is 922. The second kappa shape index (κ2) is 7.52. The zero-order valence-corrected chi connectivity index (χ0v) is 19.1. The van der Waals surface area contributed by atoms with E-state index in [4.69, 9.17) is 10.5 Å². The van der Waals surface area contributed by atoms with Crippen molar-refractivity contribution < 1.29 is 29.6 Å². The smallest absolute Gasteiger partial charge is 0.332 e. The molecule has 4 aliphatic carbocycles. The van der Waals surface area contributed by atoms with Crippen LogP contribution in [0, 0.1) is 28.6 Å². The molecule has 182 valence electrons. The van der Waals surface area contributed by atoms with Crippen molar-refractivity contribution in [2.75, 3.05) is 6.61 Å². The zero-order valence-electron chi connectivity index (χ0n) is 19.1. The first-order chi connectivity index (χ1) is 15.5. The summed E-state index contributed by atoms with van der Waals surface area (Å²) in [5.74, 6) is -0.326. The molecule has 0 bridgehead atoms. The van der Waals surface area contributed by atoms with Gasteiger partial charge in [-0.25, -0.2) is 15.0 Å². The van der Waals surface area contributed by atoms with E-state index in [1.165, 1.54) is 0 Å². The Morgan fingerprint density at radius 3 is 2.64 bits per heavy atom. The summed E-state index contributed by atoms with van der Waals surface area (Å²) in [5, 5.41) is 38.6. The molecule has 1 heterocycles. The van der Waals surface area contributed by atoms with E-state index >= 15 is 0 Å². The van der Waals surface area contributed by atoms with Gasteiger partial charge >= 0.3 is 12.0 Å². The Kier molecular flexibility index (Phi) is 5.19. The van der Waals surface area contributed by atoms with Gasteiger partial charge < -0.3 is 25.8 Å². The molecule has 4 fully saturated rings. The maximum Gasteiger partial charge on any atom is 0.332 e. The highest BCUT2D eigenvalue weighted by Crippen LogP contribution is 2.70. The predicted molar refractivity (Wildman–Crippen MR) is 119 cm³/mol. The monoisotopic (exact) mass is 461 g/mol. The highest BCUT2D eigenvalue weighted by Gasteiger charge is 2.71. The number of carbonyl (C=O) groups is 2. The third-order valence-corrected chi connectivity index (χ3v) is 10.1. The van der Waals surface area contributed by atoms with Gasteiger partial charge in [0.05, 0.1) is 17.3 Å². The number of rotatable bonds is 3. The summed E-state index contributed by atoms with van der Waals surface area (Å²) in [7, 11) is 0. The molecule has 4 saturated carbocycles. The number of aliphatic hydroxyl groups excluding tert-OH is 1. The number of ether oxygens (including phenoxy) is 1. The fraction of sp³-hybridized carbons (Fsp3) is 0.792. The maximum atomic E-state index is 12.3. The number of hydrazone groups is 1. The van der Waals surface area contributed by atoms with Gasteiger partial charge in [0.15, 0.2) is 0 Å². The number of nitrogens with zero attached hydrogens (tertiary/aromatic N) is 1. The number of nitrogens with one attached hydrogen (secondary N) is 1. The molecule has 33 heavy (non-hydrogen) atoms. The highest BCUT2D eigenvalue weighted by atomic mass is 16.5. The fourth-order valence-electron chi connectivity index (χ4n) is 8.57. The van der Waals surface area contributed by atoms with E-state index in [-0.39, 0.29) is 35.6 Å². The van der Waals surface area contributed by atoms with Gasteiger partial charge in [-0.05, 0) is 74.7 Å². The fourth-order valence-corrected chi connectivity index (χ4v) is 8.57. The molecule has 1 aliphatic heterocycles. The standard InChI is InChI=1S/C24H35N3O6/c1-21-6-3-17-18(24(21,32)9-5-16(21)14-10-19(29)33-12-14)4-8-23(31)11-15(28)2-7-22(17,23)13-26-27-20(25)30/h10,13,15-18,28,31-32H,2-9,11-12H2,1H3,(H3,25,27,30)/b26-13-/t15-,16-,17+,18-,21-,22+,23+,24-/m1/s1. The van der Waals surface area contributed by atoms with Crippen molar-refractivity contribution in [3.05, 3.63) is 11.6 Å². The second-order valence-electron chi connectivity index (χ2n) is 11.3. The third kappa shape index (κ3) is 3.12. The van der Waals surface area contributed by atoms with Crippen LogP contribution in [0.4, 0.5) is 4.79 Å². The van der Waals surface area contributed by atoms with E-state index in [9.17, 15) is 24.9 Å². The quantitative estimate of drug-likeness (QED) is 0.243. The number of esters is 1. The third-order valence-electron chi connectivity index (χ3n) is 10.1. The molecule has 9 heteroatoms. The lowest BCUT2D eigenvalue weighted by Crippen LogP contribution is -2.68. The Labute approximate surface area is 193 Å². The van der Waals surface area contributed by atoms with Crippen molar-refractivity contribution >= 4 is 18.2 Å². The molecular formula is C24H35N3O6. The first-order valence-electron chi connectivity index (χ1n) is 12.1. The van der Waals surface area contributed by atoms with Crippen LogP contribution in [0.3, 0.4) is 0 Å². The Hall–Kier alpha value is -1.97. The molecule has 0 aromatic carbocycles. The van der Waals surface area contributed by atoms with E-state index in [2.05, 4.69) is 17.5 Å². The minimum Gasteiger partial charge on any atom is -0.458 e. The summed E-state index contributed by atoms with van der Waals surface area (Å²) in [6.45, 7) is 2.45. The van der Waals surface area contributed by atoms with Gasteiger partial charge in [-0.1, -0.05) is 6.92 Å². The molecule has 0 radical (unpaired) electrons. The minimum absolute atomic E-state index is 0.0468. The van der Waals surface area contributed by atoms with E-state index in [1.807, 2.05) is 0 Å². The Morgan fingerprint density at radius 1 is 1.18 bits per heavy atom. The maximum absolute atomic E-state index is 12.3. The van der Waals surface area contributed by atoms with Crippen molar-refractivity contribution in [2.45, 2.75) is 82.0 Å². The average Bonchev–Trinajstić information content (AvgIpc) is 3.28. The topological polar surface area (TPSA) is 154 Å². The van der Waals surface area contributed by atoms with E-state index in [0.717, 1.165) is 24.8 Å². The SMILES string of the molecule is C[C@]12CC[C@H]3[C@@H](CC[C@]4(O)C[C@H](O)CC[C@]34/C=N\NC(N)=O)[C@]1(O)CC[C@@H]2C1=CC(=O)OC1. The lowest BCUT2D eigenvalue weighted by molar-refractivity contribution is -0.237. The van der Waals surface area contributed by atoms with Gasteiger partial charge in [-0.3, -0.25) is 0 Å². The van der Waals surface area contributed by atoms with E-state index in [1.54, 1.807) is 12.3 Å². The molecule has 0 unspecified atom stereocenters. The molecule has 2 amide bonds. The zero-order chi connectivity index (χ0) is 23.6. The van der Waals surface area contributed by atoms with Gasteiger partial charge in [0.1, 0.15) is 6.61 Å². The molecule has 8 atom stereocenters. The number of aliphatic hydroxyl groups is 3. The largest absolute Gasteiger partial charge is 0.458 e. The van der Waals surface area contributed by atoms with Crippen LogP contribution in [0.15, 0.2) is 16.8 Å². The predicted octanol–water partition coefficient (Wildman–Crippen LogP) is 1.35. The van der Waals surface area contributed by atoms with Gasteiger partial charge in [0.2, 0.25) is 0 Å². The van der Waals surface area contributed by atoms with Crippen LogP contribution in [0.1, 0.15) is 64.7 Å². The lowest BCUT2D eigenvalue weighted by Gasteiger charge is -2.65. The lowest BCUT2D eigenvalue weighted by atomic mass is 9.41. The molecule has 0 aromatic rings. The van der Waals surface area contributed by atoms with Crippen LogP contribution in [-0.4, -0.2) is 57.4 Å². The number of carbonyl (C=O) groups excluding carboxylic acids is 2. The first kappa shape index (κ1) is 22.8. The molecule has 5 rings (SSSR count). The summed E-state index contributed by atoms with van der Waals surface area (Å²) in [6.07, 6.45) is 8.02. The minimum atomic E-state index is -1.16. The van der Waals surface area contributed by atoms with Gasteiger partial charge in [-0.15, -0.1) is 0 Å². The molecule has 0 spiro atoms. The number of nitrogens with two attached hydrogens (primary N) is 1. The number of hydrogen-bond acceptors (Lipinski definition) is 7. The second-order valence-corrected chi connectivity index (χ2v) is 11.3. The van der Waals surface area contributed by atoms with Crippen molar-refractivity contribution in [1.29, 1.82) is 0 Å². The summed E-state index contributed by atoms with van der Waals surface area (Å²) in [4.78, 5) is 23.0. The summed E-state index contributed by atoms with van der Waals surface area (Å²) < 4.78 is 5.18. The van der Waals surface area contributed by atoms with Crippen molar-refractivity contribution in [3.8, 4) is 0 Å². The van der Waals surface area contributed by atoms with Crippen LogP contribution < -0.4 is 11.2 Å². The molecule has 0 saturated heterocycles. The van der Waals surface area contributed by atoms with Crippen LogP contribution in [-0.2, 0) is 9.53 Å². The van der Waals surface area contributed by atoms with Crippen LogP contribution in [0.5, 0.6) is 0 Å². The number of cyclic esters (lactones) is 1. The van der Waals surface area contributed by atoms with E-state index < -0.39 is 28.8 Å². The van der Waals surface area contributed by atoms with Crippen molar-refractivity contribution in [2.24, 2.45) is 39.4 Å². The molecule has 6 N–H and O–H groups in total. The number of hydrogen-bond donors (Lipinski definition) is 5. The average molecular weight is 462 g/mol. The number of primary amides is 1. The van der Waals surface area contributed by atoms with Crippen molar-refractivity contribution in [3.63, 3.8) is 0 Å². The number of fused-ring (bicyclic) bond motifs is 5. The summed E-state index contributed by atoms with van der Waals surface area (Å²) >= 11 is 0. The number of urea groups is 1. The van der Waals surface area contributed by atoms with Crippen molar-refractivity contribution in [1.82, 2.24) is 5.43 Å². The normalized spacial score (nSPS) is 49.1. The summed E-state index contributed by atoms with van der Waals surface area (Å²) in [6, 6.07) is -0.774. The molecule has 5 aliphatic rings. The molecular weight excluding hydrogens is 426 g/mol. The highest BCUT2D eigenvalue weighted by molar-refractivity contribution is 5.85. The van der Waals surface area contributed by atoms with Crippen LogP contribution in [0.2, 0.25) is 0 Å². The molecule has 9 nitrogen and oxygen atoms in total. The van der Waals surface area contributed by atoms with Gasteiger partial charge in [0.25, 0.3) is 0 Å². The Morgan fingerprint density at radius 2 is 1.94 bits per heavy atom. The van der Waals surface area contributed by atoms with Crippen LogP contribution in [0.25, 0.3) is 0 Å². The van der Waals surface area contributed by atoms with Gasteiger partial charge in [0, 0.05) is 29.5 Å². The first-order valence-corrected chi connectivity index (χ1v) is 12.1. The molecule has 0 aromatic heterocycles. The van der Waals surface area contributed by atoms with Gasteiger partial charge in [-0.2, -0.15) is 5.10 Å². The Balaban J connectivity index is 1.52. The summed E-state index contributed by atoms with van der Waals surface area (Å²) in [5.41, 5.74) is 5.21. The number of amides is 2. The van der Waals surface area contributed by atoms with Crippen LogP contribution >= 0.6 is 0 Å². The van der Waals surface area contributed by atoms with E-state index in [0.29, 0.717) is 38.7 Å².